The molecule has 0 aliphatic heterocycles. The van der Waals surface area contributed by atoms with Crippen LogP contribution in [0.4, 0.5) is 11.4 Å². The fraction of sp³-hybridized carbons (Fsp3) is 0. The molecule has 0 unspecified atom stereocenters. The average Bonchev–Trinajstić information content (AvgIpc) is 2.46. The predicted octanol–water partition coefficient (Wildman–Crippen LogP) is 2.42. The number of benzene rings is 2. The maximum absolute atomic E-state index is 11.2. The minimum absolute atomic E-state index is 0.00193. The van der Waals surface area contributed by atoms with Gasteiger partial charge in [-0.1, -0.05) is 24.3 Å². The van der Waals surface area contributed by atoms with Crippen molar-refractivity contribution in [1.29, 1.82) is 0 Å². The van der Waals surface area contributed by atoms with Gasteiger partial charge in [0.2, 0.25) is 0 Å². The van der Waals surface area contributed by atoms with Gasteiger partial charge in [-0.15, -0.1) is 0 Å². The van der Waals surface area contributed by atoms with Crippen LogP contribution in [-0.2, 0) is 0 Å². The molecule has 0 saturated heterocycles. The molecular formula is C16H14N2O4. The Morgan fingerprint density at radius 3 is 2.18 bits per heavy atom. The third-order valence-electron chi connectivity index (χ3n) is 3.07. The summed E-state index contributed by atoms with van der Waals surface area (Å²) in [5, 5.41) is 18.2. The van der Waals surface area contributed by atoms with E-state index < -0.39 is 11.9 Å². The zero-order valence-corrected chi connectivity index (χ0v) is 11.5. The fourth-order valence-electron chi connectivity index (χ4n) is 1.95. The maximum Gasteiger partial charge on any atom is 0.337 e. The molecule has 0 amide bonds. The number of nitrogen functional groups attached to an aromatic ring is 2. The number of carboxylic acid groups (broad SMARTS) is 2. The van der Waals surface area contributed by atoms with Crippen LogP contribution >= 0.6 is 0 Å². The molecule has 6 nitrogen and oxygen atoms in total. The number of nitrogens with two attached hydrogens (primary N) is 2. The summed E-state index contributed by atoms with van der Waals surface area (Å²) in [7, 11) is 0. The van der Waals surface area contributed by atoms with Gasteiger partial charge in [0.15, 0.2) is 0 Å². The summed E-state index contributed by atoms with van der Waals surface area (Å²) in [6.07, 6.45) is 3.20. The van der Waals surface area contributed by atoms with E-state index in [0.29, 0.717) is 16.8 Å². The molecule has 2 aromatic rings. The summed E-state index contributed by atoms with van der Waals surface area (Å²) in [4.78, 5) is 22.2. The van der Waals surface area contributed by atoms with E-state index in [1.54, 1.807) is 30.4 Å². The zero-order chi connectivity index (χ0) is 16.3. The van der Waals surface area contributed by atoms with Gasteiger partial charge in [0.1, 0.15) is 0 Å². The first-order chi connectivity index (χ1) is 10.4. The number of anilines is 2. The van der Waals surface area contributed by atoms with Crippen LogP contribution in [0.25, 0.3) is 12.2 Å². The number of carbonyl (C=O) groups is 2. The molecule has 0 radical (unpaired) electrons. The van der Waals surface area contributed by atoms with Crippen LogP contribution in [0.15, 0.2) is 36.4 Å². The van der Waals surface area contributed by atoms with E-state index >= 15 is 0 Å². The van der Waals surface area contributed by atoms with E-state index in [2.05, 4.69) is 0 Å². The zero-order valence-electron chi connectivity index (χ0n) is 11.5. The lowest BCUT2D eigenvalue weighted by atomic mass is 10.0. The van der Waals surface area contributed by atoms with Gasteiger partial charge < -0.3 is 21.7 Å². The molecule has 0 aromatic heterocycles. The van der Waals surface area contributed by atoms with Crippen LogP contribution in [0.1, 0.15) is 31.8 Å². The molecule has 6 N–H and O–H groups in total. The van der Waals surface area contributed by atoms with Gasteiger partial charge in [0.25, 0.3) is 0 Å². The molecule has 0 aliphatic carbocycles. The molecule has 0 fully saturated rings. The van der Waals surface area contributed by atoms with Crippen LogP contribution in [0, 0.1) is 0 Å². The number of hydrogen-bond acceptors (Lipinski definition) is 4. The van der Waals surface area contributed by atoms with Crippen LogP contribution in [0.3, 0.4) is 0 Å². The van der Waals surface area contributed by atoms with Crippen LogP contribution in [0.5, 0.6) is 0 Å². The SMILES string of the molecule is Nc1ccc(C=Cc2ccc(N)c(C(=O)O)c2)c(C(=O)O)c1. The second kappa shape index (κ2) is 6.01. The van der Waals surface area contributed by atoms with Crippen molar-refractivity contribution in [3.05, 3.63) is 58.7 Å². The van der Waals surface area contributed by atoms with Crippen molar-refractivity contribution in [1.82, 2.24) is 0 Å². The highest BCUT2D eigenvalue weighted by Crippen LogP contribution is 2.19. The lowest BCUT2D eigenvalue weighted by Crippen LogP contribution is -2.02. The first-order valence-electron chi connectivity index (χ1n) is 6.32. The molecule has 22 heavy (non-hydrogen) atoms. The predicted molar refractivity (Wildman–Crippen MR) is 84.6 cm³/mol. The van der Waals surface area contributed by atoms with Crippen molar-refractivity contribution in [3.63, 3.8) is 0 Å². The number of rotatable bonds is 4. The van der Waals surface area contributed by atoms with Gasteiger partial charge in [-0.3, -0.25) is 0 Å². The average molecular weight is 298 g/mol. The Kier molecular flexibility index (Phi) is 4.13. The molecule has 0 bridgehead atoms. The monoisotopic (exact) mass is 298 g/mol. The Labute approximate surface area is 126 Å². The smallest absolute Gasteiger partial charge is 0.337 e. The number of hydrogen-bond donors (Lipinski definition) is 4. The Morgan fingerprint density at radius 2 is 1.55 bits per heavy atom. The lowest BCUT2D eigenvalue weighted by molar-refractivity contribution is 0.0686. The molecule has 0 heterocycles. The van der Waals surface area contributed by atoms with E-state index in [9.17, 15) is 9.59 Å². The Morgan fingerprint density at radius 1 is 0.864 bits per heavy atom. The van der Waals surface area contributed by atoms with Gasteiger partial charge in [-0.2, -0.15) is 0 Å². The normalized spacial score (nSPS) is 10.7. The largest absolute Gasteiger partial charge is 0.478 e. The maximum atomic E-state index is 11.2. The van der Waals surface area contributed by atoms with Gasteiger partial charge in [0, 0.05) is 11.4 Å². The molecular weight excluding hydrogens is 284 g/mol. The standard InChI is InChI=1S/C16H14N2O4/c17-11-5-4-10(12(8-11)15(19)20)3-1-9-2-6-14(18)13(7-9)16(21)22/h1-8H,17-18H2,(H,19,20)(H,21,22). The second-order valence-corrected chi connectivity index (χ2v) is 4.64. The third kappa shape index (κ3) is 3.24. The van der Waals surface area contributed by atoms with Gasteiger partial charge in [-0.25, -0.2) is 9.59 Å². The van der Waals surface area contributed by atoms with E-state index in [0.717, 1.165) is 0 Å². The molecule has 0 saturated carbocycles. The van der Waals surface area contributed by atoms with Crippen molar-refractivity contribution in [2.45, 2.75) is 0 Å². The van der Waals surface area contributed by atoms with Gasteiger partial charge in [0.05, 0.1) is 11.1 Å². The summed E-state index contributed by atoms with van der Waals surface area (Å²) in [5.41, 5.74) is 12.8. The molecule has 0 spiro atoms. The van der Waals surface area contributed by atoms with Crippen molar-refractivity contribution in [3.8, 4) is 0 Å². The van der Waals surface area contributed by atoms with Crippen LogP contribution < -0.4 is 11.5 Å². The molecule has 0 aliphatic rings. The van der Waals surface area contributed by atoms with Crippen molar-refractivity contribution in [2.75, 3.05) is 11.5 Å². The van der Waals surface area contributed by atoms with E-state index in [1.165, 1.54) is 18.2 Å². The number of aromatic carboxylic acids is 2. The first-order valence-corrected chi connectivity index (χ1v) is 6.32. The fourth-order valence-corrected chi connectivity index (χ4v) is 1.95. The van der Waals surface area contributed by atoms with Crippen LogP contribution in [-0.4, -0.2) is 22.2 Å². The van der Waals surface area contributed by atoms with Gasteiger partial charge in [-0.05, 0) is 35.4 Å². The topological polar surface area (TPSA) is 127 Å². The first kappa shape index (κ1) is 15.1. The van der Waals surface area contributed by atoms with E-state index in [-0.39, 0.29) is 16.8 Å². The summed E-state index contributed by atoms with van der Waals surface area (Å²) >= 11 is 0. The lowest BCUT2D eigenvalue weighted by Gasteiger charge is -2.04. The van der Waals surface area contributed by atoms with E-state index in [1.807, 2.05) is 0 Å². The van der Waals surface area contributed by atoms with E-state index in [4.69, 9.17) is 21.7 Å². The minimum atomic E-state index is -1.12. The summed E-state index contributed by atoms with van der Waals surface area (Å²) in [6, 6.07) is 9.11. The third-order valence-corrected chi connectivity index (χ3v) is 3.07. The second-order valence-electron chi connectivity index (χ2n) is 4.64. The van der Waals surface area contributed by atoms with Crippen molar-refractivity contribution in [2.24, 2.45) is 0 Å². The summed E-state index contributed by atoms with van der Waals surface area (Å²) < 4.78 is 0. The highest BCUT2D eigenvalue weighted by molar-refractivity contribution is 5.96. The molecule has 6 heteroatoms. The van der Waals surface area contributed by atoms with Gasteiger partial charge >= 0.3 is 11.9 Å². The Bertz CT molecular complexity index is 782. The molecule has 0 atom stereocenters. The van der Waals surface area contributed by atoms with Crippen molar-refractivity contribution >= 4 is 35.5 Å². The Balaban J connectivity index is 2.39. The van der Waals surface area contributed by atoms with Crippen molar-refractivity contribution < 1.29 is 19.8 Å². The van der Waals surface area contributed by atoms with Crippen LogP contribution in [0.2, 0.25) is 0 Å². The summed E-state index contributed by atoms with van der Waals surface area (Å²) in [6.45, 7) is 0. The highest BCUT2D eigenvalue weighted by Gasteiger charge is 2.09. The Hall–Kier alpha value is -3.28. The highest BCUT2D eigenvalue weighted by atomic mass is 16.4. The molecule has 112 valence electrons. The quantitative estimate of drug-likeness (QED) is 0.507. The summed E-state index contributed by atoms with van der Waals surface area (Å²) in [5.74, 6) is -2.21. The number of carboxylic acids is 2. The molecule has 2 rings (SSSR count). The minimum Gasteiger partial charge on any atom is -0.478 e. The molecule has 2 aromatic carbocycles.